The summed E-state index contributed by atoms with van der Waals surface area (Å²) in [7, 11) is 1.66. The molecule has 120 valence electrons. The summed E-state index contributed by atoms with van der Waals surface area (Å²) in [6, 6.07) is 15.7. The topological polar surface area (TPSA) is 24.5 Å². The summed E-state index contributed by atoms with van der Waals surface area (Å²) >= 11 is 13.5. The molecule has 1 aliphatic rings. The molecule has 0 amide bonds. The Hall–Kier alpha value is -1.43. The van der Waals surface area contributed by atoms with E-state index in [9.17, 15) is 0 Å². The molecular weight excluding hydrogens is 348 g/mol. The predicted molar refractivity (Wildman–Crippen MR) is 103 cm³/mol. The van der Waals surface area contributed by atoms with E-state index < -0.39 is 0 Å². The van der Waals surface area contributed by atoms with Crippen LogP contribution in [0.25, 0.3) is 0 Å². The molecule has 1 unspecified atom stereocenters. The van der Waals surface area contributed by atoms with Crippen LogP contribution < -0.4 is 10.1 Å². The molecule has 1 heterocycles. The van der Waals surface area contributed by atoms with Gasteiger partial charge in [0.2, 0.25) is 0 Å². The van der Waals surface area contributed by atoms with Crippen LogP contribution in [0.3, 0.4) is 0 Å². The zero-order chi connectivity index (χ0) is 16.2. The predicted octanol–water partition coefficient (Wildman–Crippen LogP) is 4.79. The molecule has 1 N–H and O–H groups in total. The second-order valence-electron chi connectivity index (χ2n) is 5.13. The Balaban J connectivity index is 1.74. The second kappa shape index (κ2) is 7.43. The molecule has 1 saturated heterocycles. The lowest BCUT2D eigenvalue weighted by Crippen LogP contribution is -2.34. The van der Waals surface area contributed by atoms with Crippen LogP contribution in [0.5, 0.6) is 5.75 Å². The van der Waals surface area contributed by atoms with Crippen LogP contribution in [0.4, 0.5) is 5.69 Å². The standard InChI is InChI=1S/C17H17ClN2OS2/c1-21-15-4-2-3-14(11-15)19-17(22)20-9-10-23-16(20)12-5-7-13(18)8-6-12/h2-8,11,16H,9-10H2,1H3,(H,19,22). The Morgan fingerprint density at radius 2 is 2.09 bits per heavy atom. The van der Waals surface area contributed by atoms with Crippen LogP contribution >= 0.6 is 35.6 Å². The fourth-order valence-corrected chi connectivity index (χ4v) is 4.25. The highest BCUT2D eigenvalue weighted by molar-refractivity contribution is 7.99. The molecule has 0 saturated carbocycles. The zero-order valence-electron chi connectivity index (χ0n) is 12.7. The van der Waals surface area contributed by atoms with Crippen molar-refractivity contribution >= 4 is 46.4 Å². The first-order valence-corrected chi connectivity index (χ1v) is 9.09. The average Bonchev–Trinajstić information content (AvgIpc) is 3.05. The van der Waals surface area contributed by atoms with E-state index in [1.165, 1.54) is 5.56 Å². The fraction of sp³-hybridized carbons (Fsp3) is 0.235. The minimum atomic E-state index is 0.220. The summed E-state index contributed by atoms with van der Waals surface area (Å²) in [6.07, 6.45) is 0. The van der Waals surface area contributed by atoms with Gasteiger partial charge in [0.15, 0.2) is 5.11 Å². The average molecular weight is 365 g/mol. The second-order valence-corrected chi connectivity index (χ2v) is 7.14. The number of rotatable bonds is 3. The maximum Gasteiger partial charge on any atom is 0.174 e. The Morgan fingerprint density at radius 1 is 1.30 bits per heavy atom. The van der Waals surface area contributed by atoms with Crippen LogP contribution in [0.1, 0.15) is 10.9 Å². The van der Waals surface area contributed by atoms with Crippen molar-refractivity contribution in [3.05, 3.63) is 59.1 Å². The van der Waals surface area contributed by atoms with E-state index in [0.717, 1.165) is 33.9 Å². The molecular formula is C17H17ClN2OS2. The quantitative estimate of drug-likeness (QED) is 0.789. The lowest BCUT2D eigenvalue weighted by molar-refractivity contribution is 0.415. The maximum absolute atomic E-state index is 5.98. The molecule has 3 nitrogen and oxygen atoms in total. The molecule has 0 bridgehead atoms. The van der Waals surface area contributed by atoms with Crippen molar-refractivity contribution in [1.29, 1.82) is 0 Å². The van der Waals surface area contributed by atoms with Gasteiger partial charge < -0.3 is 15.0 Å². The van der Waals surface area contributed by atoms with E-state index in [1.807, 2.05) is 48.2 Å². The number of thiocarbonyl (C=S) groups is 1. The van der Waals surface area contributed by atoms with Gasteiger partial charge in [-0.15, -0.1) is 11.8 Å². The Bertz CT molecular complexity index is 693. The monoisotopic (exact) mass is 364 g/mol. The number of ether oxygens (including phenoxy) is 1. The highest BCUT2D eigenvalue weighted by Gasteiger charge is 2.28. The first-order valence-electron chi connectivity index (χ1n) is 7.26. The number of nitrogens with zero attached hydrogens (tertiary/aromatic N) is 1. The summed E-state index contributed by atoms with van der Waals surface area (Å²) in [6.45, 7) is 0.924. The number of nitrogens with one attached hydrogen (secondary N) is 1. The van der Waals surface area contributed by atoms with Gasteiger partial charge in [-0.2, -0.15) is 0 Å². The third-order valence-electron chi connectivity index (χ3n) is 3.63. The molecule has 0 aromatic heterocycles. The number of thioether (sulfide) groups is 1. The molecule has 0 radical (unpaired) electrons. The molecule has 2 aromatic carbocycles. The third-order valence-corrected chi connectivity index (χ3v) is 5.48. The van der Waals surface area contributed by atoms with Crippen LogP contribution in [0.15, 0.2) is 48.5 Å². The van der Waals surface area contributed by atoms with Crippen molar-refractivity contribution in [3.63, 3.8) is 0 Å². The Morgan fingerprint density at radius 3 is 2.83 bits per heavy atom. The van der Waals surface area contributed by atoms with Crippen molar-refractivity contribution in [2.45, 2.75) is 5.37 Å². The lowest BCUT2D eigenvalue weighted by Gasteiger charge is -2.27. The van der Waals surface area contributed by atoms with Crippen LogP contribution in [0.2, 0.25) is 5.02 Å². The maximum atomic E-state index is 5.98. The van der Waals surface area contributed by atoms with Crippen LogP contribution in [-0.4, -0.2) is 29.4 Å². The summed E-state index contributed by atoms with van der Waals surface area (Å²) in [5, 5.41) is 5.00. The van der Waals surface area contributed by atoms with E-state index >= 15 is 0 Å². The fourth-order valence-electron chi connectivity index (χ4n) is 2.48. The molecule has 0 aliphatic carbocycles. The minimum absolute atomic E-state index is 0.220. The molecule has 23 heavy (non-hydrogen) atoms. The SMILES string of the molecule is COc1cccc(NC(=S)N2CCSC2c2ccc(Cl)cc2)c1. The number of methoxy groups -OCH3 is 1. The molecule has 0 spiro atoms. The lowest BCUT2D eigenvalue weighted by atomic mass is 10.2. The largest absolute Gasteiger partial charge is 0.497 e. The Kier molecular flexibility index (Phi) is 5.30. The van der Waals surface area contributed by atoms with E-state index in [1.54, 1.807) is 7.11 Å². The van der Waals surface area contributed by atoms with Gasteiger partial charge in [0, 0.05) is 29.1 Å². The van der Waals surface area contributed by atoms with Crippen molar-refractivity contribution in [2.24, 2.45) is 0 Å². The van der Waals surface area contributed by atoms with Gasteiger partial charge in [-0.1, -0.05) is 29.8 Å². The summed E-state index contributed by atoms with van der Waals surface area (Å²) in [4.78, 5) is 2.21. The van der Waals surface area contributed by atoms with Gasteiger partial charge in [0.25, 0.3) is 0 Å². The van der Waals surface area contributed by atoms with Crippen molar-refractivity contribution in [3.8, 4) is 5.75 Å². The zero-order valence-corrected chi connectivity index (χ0v) is 15.0. The molecule has 1 aliphatic heterocycles. The van der Waals surface area contributed by atoms with Gasteiger partial charge in [-0.3, -0.25) is 0 Å². The van der Waals surface area contributed by atoms with Crippen LogP contribution in [0, 0.1) is 0 Å². The summed E-state index contributed by atoms with van der Waals surface area (Å²) in [5.41, 5.74) is 2.15. The third kappa shape index (κ3) is 3.91. The number of halogens is 1. The Labute approximate surface area is 151 Å². The van der Waals surface area contributed by atoms with Gasteiger partial charge in [-0.05, 0) is 42.0 Å². The first-order chi connectivity index (χ1) is 11.2. The van der Waals surface area contributed by atoms with E-state index in [2.05, 4.69) is 22.3 Å². The number of benzene rings is 2. The summed E-state index contributed by atoms with van der Waals surface area (Å²) < 4.78 is 5.25. The molecule has 2 aromatic rings. The van der Waals surface area contributed by atoms with E-state index in [4.69, 9.17) is 28.6 Å². The summed E-state index contributed by atoms with van der Waals surface area (Å²) in [5.74, 6) is 1.86. The van der Waals surface area contributed by atoms with Crippen molar-refractivity contribution < 1.29 is 4.74 Å². The van der Waals surface area contributed by atoms with Crippen molar-refractivity contribution in [1.82, 2.24) is 4.90 Å². The highest BCUT2D eigenvalue weighted by atomic mass is 35.5. The molecule has 6 heteroatoms. The number of hydrogen-bond donors (Lipinski definition) is 1. The van der Waals surface area contributed by atoms with Gasteiger partial charge in [-0.25, -0.2) is 0 Å². The minimum Gasteiger partial charge on any atom is -0.497 e. The number of anilines is 1. The van der Waals surface area contributed by atoms with E-state index in [0.29, 0.717) is 0 Å². The van der Waals surface area contributed by atoms with Gasteiger partial charge in [0.1, 0.15) is 11.1 Å². The first kappa shape index (κ1) is 16.4. The van der Waals surface area contributed by atoms with Crippen LogP contribution in [-0.2, 0) is 0 Å². The molecule has 1 atom stereocenters. The van der Waals surface area contributed by atoms with Crippen molar-refractivity contribution in [2.75, 3.05) is 24.7 Å². The number of hydrogen-bond acceptors (Lipinski definition) is 3. The molecule has 3 rings (SSSR count). The van der Waals surface area contributed by atoms with Gasteiger partial charge >= 0.3 is 0 Å². The van der Waals surface area contributed by atoms with Gasteiger partial charge in [0.05, 0.1) is 7.11 Å². The normalized spacial score (nSPS) is 17.1. The van der Waals surface area contributed by atoms with E-state index in [-0.39, 0.29) is 5.37 Å². The molecule has 1 fully saturated rings. The smallest absolute Gasteiger partial charge is 0.174 e. The highest BCUT2D eigenvalue weighted by Crippen LogP contribution is 2.38.